The molecule has 1 aliphatic heterocycles. The van der Waals surface area contributed by atoms with Crippen LogP contribution in [0.1, 0.15) is 33.8 Å². The van der Waals surface area contributed by atoms with Crippen LogP contribution in [0.5, 0.6) is 0 Å². The Kier molecular flexibility index (Phi) is 3.99. The van der Waals surface area contributed by atoms with Gasteiger partial charge in [-0.05, 0) is 48.6 Å². The number of primary sulfonamides is 1. The minimum absolute atomic E-state index is 0.111. The van der Waals surface area contributed by atoms with Gasteiger partial charge in [0.25, 0.3) is 5.91 Å². The first-order valence-electron chi connectivity index (χ1n) is 6.98. The summed E-state index contributed by atoms with van der Waals surface area (Å²) in [5.41, 5.74) is 1.21. The molecule has 1 aromatic heterocycles. The Balaban J connectivity index is 1.96. The van der Waals surface area contributed by atoms with Crippen LogP contribution in [0.25, 0.3) is 0 Å². The number of nitrogens with zero attached hydrogens (tertiary/aromatic N) is 1. The summed E-state index contributed by atoms with van der Waals surface area (Å²) in [6, 6.07) is 5.12. The van der Waals surface area contributed by atoms with Crippen LogP contribution in [0.3, 0.4) is 0 Å². The number of carbonyl (C=O) groups is 1. The van der Waals surface area contributed by atoms with Crippen molar-refractivity contribution in [2.45, 2.75) is 24.3 Å². The van der Waals surface area contributed by atoms with Crippen molar-refractivity contribution in [3.8, 4) is 0 Å². The summed E-state index contributed by atoms with van der Waals surface area (Å²) in [4.78, 5) is 15.0. The minimum Gasteiger partial charge on any atom is -0.331 e. The maximum absolute atomic E-state index is 13.6. The first-order chi connectivity index (χ1) is 10.8. The maximum Gasteiger partial charge on any atom is 0.254 e. The average molecular weight is 354 g/mol. The number of benzene rings is 1. The van der Waals surface area contributed by atoms with Crippen molar-refractivity contribution in [2.24, 2.45) is 5.14 Å². The van der Waals surface area contributed by atoms with Gasteiger partial charge in [-0.3, -0.25) is 4.79 Å². The molecule has 0 unspecified atom stereocenters. The molecule has 8 heteroatoms. The zero-order valence-corrected chi connectivity index (χ0v) is 14.0. The summed E-state index contributed by atoms with van der Waals surface area (Å²) >= 11 is 1.66. The molecule has 0 saturated carbocycles. The molecule has 2 heterocycles. The fraction of sp³-hybridized carbons (Fsp3) is 0.267. The molecule has 0 saturated heterocycles. The van der Waals surface area contributed by atoms with Gasteiger partial charge in [0.1, 0.15) is 10.7 Å². The Morgan fingerprint density at radius 1 is 1.39 bits per heavy atom. The van der Waals surface area contributed by atoms with Crippen molar-refractivity contribution in [2.75, 3.05) is 6.54 Å². The Bertz CT molecular complexity index is 877. The summed E-state index contributed by atoms with van der Waals surface area (Å²) in [5.74, 6) is -1.30. The predicted molar refractivity (Wildman–Crippen MR) is 85.2 cm³/mol. The van der Waals surface area contributed by atoms with E-state index in [0.717, 1.165) is 24.1 Å². The highest BCUT2D eigenvalue weighted by Gasteiger charge is 2.29. The fourth-order valence-electron chi connectivity index (χ4n) is 2.81. The molecule has 0 aliphatic carbocycles. The Hall–Kier alpha value is -1.77. The van der Waals surface area contributed by atoms with E-state index in [2.05, 4.69) is 0 Å². The zero-order chi connectivity index (χ0) is 16.8. The number of nitrogens with two attached hydrogens (primary N) is 1. The average Bonchev–Trinajstić information content (AvgIpc) is 2.95. The van der Waals surface area contributed by atoms with Gasteiger partial charge in [0.2, 0.25) is 10.0 Å². The molecule has 1 aromatic carbocycles. The largest absolute Gasteiger partial charge is 0.331 e. The molecule has 3 rings (SSSR count). The van der Waals surface area contributed by atoms with Gasteiger partial charge < -0.3 is 4.90 Å². The van der Waals surface area contributed by atoms with Crippen molar-refractivity contribution in [3.05, 3.63) is 51.5 Å². The van der Waals surface area contributed by atoms with Crippen LogP contribution in [0.15, 0.2) is 34.5 Å². The van der Waals surface area contributed by atoms with Gasteiger partial charge in [-0.2, -0.15) is 0 Å². The monoisotopic (exact) mass is 354 g/mol. The van der Waals surface area contributed by atoms with Crippen molar-refractivity contribution in [1.82, 2.24) is 4.90 Å². The lowest BCUT2D eigenvalue weighted by Crippen LogP contribution is -2.38. The van der Waals surface area contributed by atoms with Gasteiger partial charge in [-0.1, -0.05) is 0 Å². The van der Waals surface area contributed by atoms with E-state index in [1.807, 2.05) is 18.4 Å². The molecular weight excluding hydrogens is 339 g/mol. The molecular formula is C15H15FN2O3S2. The zero-order valence-electron chi connectivity index (χ0n) is 12.3. The Morgan fingerprint density at radius 3 is 2.83 bits per heavy atom. The highest BCUT2D eigenvalue weighted by atomic mass is 32.2. The lowest BCUT2D eigenvalue weighted by molar-refractivity contribution is 0.0679. The topological polar surface area (TPSA) is 80.5 Å². The van der Waals surface area contributed by atoms with Crippen LogP contribution in [-0.2, 0) is 16.4 Å². The van der Waals surface area contributed by atoms with E-state index < -0.39 is 20.7 Å². The second kappa shape index (κ2) is 5.70. The molecule has 0 spiro atoms. The maximum atomic E-state index is 13.6. The molecule has 0 fully saturated rings. The van der Waals surface area contributed by atoms with Crippen LogP contribution in [-0.4, -0.2) is 25.8 Å². The SMILES string of the molecule is C[C@H]1c2ccsc2CCN1C(=O)c1ccc(F)c(S(N)(=O)=O)c1. The van der Waals surface area contributed by atoms with Gasteiger partial charge in [0.15, 0.2) is 0 Å². The van der Waals surface area contributed by atoms with Gasteiger partial charge >= 0.3 is 0 Å². The van der Waals surface area contributed by atoms with E-state index in [1.165, 1.54) is 10.9 Å². The first-order valence-corrected chi connectivity index (χ1v) is 9.41. The van der Waals surface area contributed by atoms with Crippen molar-refractivity contribution >= 4 is 27.3 Å². The van der Waals surface area contributed by atoms with Gasteiger partial charge in [-0.25, -0.2) is 17.9 Å². The summed E-state index contributed by atoms with van der Waals surface area (Å²) < 4.78 is 36.4. The van der Waals surface area contributed by atoms with E-state index in [0.29, 0.717) is 6.54 Å². The number of sulfonamides is 1. The lowest BCUT2D eigenvalue weighted by Gasteiger charge is -2.33. The molecule has 1 aliphatic rings. The van der Waals surface area contributed by atoms with Gasteiger partial charge in [0.05, 0.1) is 6.04 Å². The van der Waals surface area contributed by atoms with Crippen LogP contribution < -0.4 is 5.14 Å². The number of fused-ring (bicyclic) bond motifs is 1. The number of carbonyl (C=O) groups excluding carboxylic acids is 1. The van der Waals surface area contributed by atoms with Gasteiger partial charge in [0, 0.05) is 17.0 Å². The van der Waals surface area contributed by atoms with E-state index >= 15 is 0 Å². The minimum atomic E-state index is -4.22. The quantitative estimate of drug-likeness (QED) is 0.898. The number of hydrogen-bond donors (Lipinski definition) is 1. The molecule has 23 heavy (non-hydrogen) atoms. The lowest BCUT2D eigenvalue weighted by atomic mass is 10.0. The third kappa shape index (κ3) is 2.89. The number of thiophene rings is 1. The molecule has 1 atom stereocenters. The summed E-state index contributed by atoms with van der Waals surface area (Å²) in [7, 11) is -4.22. The van der Waals surface area contributed by atoms with Crippen molar-refractivity contribution in [1.29, 1.82) is 0 Å². The van der Waals surface area contributed by atoms with Gasteiger partial charge in [-0.15, -0.1) is 11.3 Å². The molecule has 1 amide bonds. The molecule has 2 N–H and O–H groups in total. The first kappa shape index (κ1) is 16.1. The highest BCUT2D eigenvalue weighted by Crippen LogP contribution is 2.33. The standard InChI is InChI=1S/C15H15FN2O3S2/c1-9-11-5-7-22-13(11)4-6-18(9)15(19)10-2-3-12(16)14(8-10)23(17,20)21/h2-3,5,7-9H,4,6H2,1H3,(H2,17,20,21)/t9-/m0/s1. The fourth-order valence-corrected chi connectivity index (χ4v) is 4.40. The number of rotatable bonds is 2. The van der Waals surface area contributed by atoms with E-state index in [1.54, 1.807) is 16.2 Å². The molecule has 2 aromatic rings. The molecule has 122 valence electrons. The molecule has 0 bridgehead atoms. The second-order valence-corrected chi connectivity index (χ2v) is 7.94. The Morgan fingerprint density at radius 2 is 2.13 bits per heavy atom. The van der Waals surface area contributed by atoms with Crippen LogP contribution >= 0.6 is 11.3 Å². The third-order valence-corrected chi connectivity index (χ3v) is 5.95. The van der Waals surface area contributed by atoms with E-state index in [-0.39, 0.29) is 17.5 Å². The summed E-state index contributed by atoms with van der Waals surface area (Å²) in [5, 5.41) is 6.98. The third-order valence-electron chi connectivity index (χ3n) is 4.02. The number of halogens is 1. The van der Waals surface area contributed by atoms with Crippen molar-refractivity contribution < 1.29 is 17.6 Å². The van der Waals surface area contributed by atoms with E-state index in [9.17, 15) is 17.6 Å². The predicted octanol–water partition coefficient (Wildman–Crippen LogP) is 2.29. The second-order valence-electron chi connectivity index (χ2n) is 5.41. The van der Waals surface area contributed by atoms with Crippen LogP contribution in [0, 0.1) is 5.82 Å². The summed E-state index contributed by atoms with van der Waals surface area (Å²) in [6.45, 7) is 2.46. The highest BCUT2D eigenvalue weighted by molar-refractivity contribution is 7.89. The number of amides is 1. The normalized spacial score (nSPS) is 17.9. The Labute approximate surface area is 137 Å². The number of hydrogen-bond acceptors (Lipinski definition) is 4. The smallest absolute Gasteiger partial charge is 0.254 e. The summed E-state index contributed by atoms with van der Waals surface area (Å²) in [6.07, 6.45) is 0.756. The van der Waals surface area contributed by atoms with Crippen LogP contribution in [0.2, 0.25) is 0 Å². The van der Waals surface area contributed by atoms with Crippen LogP contribution in [0.4, 0.5) is 4.39 Å². The molecule has 5 nitrogen and oxygen atoms in total. The van der Waals surface area contributed by atoms with Crippen molar-refractivity contribution in [3.63, 3.8) is 0 Å². The molecule has 0 radical (unpaired) electrons. The van der Waals surface area contributed by atoms with E-state index in [4.69, 9.17) is 5.14 Å².